The Bertz CT molecular complexity index is 366. The van der Waals surface area contributed by atoms with Crippen molar-refractivity contribution in [1.82, 2.24) is 9.55 Å². The highest BCUT2D eigenvalue weighted by Gasteiger charge is 2.30. The molecule has 3 nitrogen and oxygen atoms in total. The molecule has 0 N–H and O–H groups in total. The Morgan fingerprint density at radius 1 is 1.62 bits per heavy atom. The number of imidazole rings is 1. The predicted molar refractivity (Wildman–Crippen MR) is 57.9 cm³/mol. The number of rotatable bonds is 2. The molecule has 1 saturated carbocycles. The summed E-state index contributed by atoms with van der Waals surface area (Å²) < 4.78 is 2.79. The molecule has 13 heavy (non-hydrogen) atoms. The average molecular weight is 290 g/mol. The first kappa shape index (κ1) is 9.18. The minimum Gasteiger partial charge on any atom is -0.328 e. The lowest BCUT2D eigenvalue weighted by Crippen LogP contribution is -2.05. The van der Waals surface area contributed by atoms with Crippen LogP contribution in [0.3, 0.4) is 0 Å². The molecular weight excluding hydrogens is 279 g/mol. The first-order chi connectivity index (χ1) is 6.11. The van der Waals surface area contributed by atoms with E-state index in [0.29, 0.717) is 5.92 Å². The van der Waals surface area contributed by atoms with E-state index in [9.17, 15) is 4.79 Å². The summed E-state index contributed by atoms with van der Waals surface area (Å²) in [5.41, 5.74) is 0.752. The summed E-state index contributed by atoms with van der Waals surface area (Å²) in [6, 6.07) is 0. The highest BCUT2D eigenvalue weighted by Crippen LogP contribution is 2.39. The predicted octanol–water partition coefficient (Wildman–Crippen LogP) is 2.10. The molecular formula is C9H11IN2O. The lowest BCUT2D eigenvalue weighted by molar-refractivity contribution is 0.100. The lowest BCUT2D eigenvalue weighted by atomic mass is 10.3. The van der Waals surface area contributed by atoms with Crippen LogP contribution in [0.15, 0.2) is 0 Å². The number of aromatic nitrogens is 2. The van der Waals surface area contributed by atoms with Crippen molar-refractivity contribution in [2.45, 2.75) is 25.7 Å². The molecule has 0 unspecified atom stereocenters. The van der Waals surface area contributed by atoms with Gasteiger partial charge in [-0.05, 0) is 35.4 Å². The summed E-state index contributed by atoms with van der Waals surface area (Å²) in [5.74, 6) is 1.78. The number of ketones is 1. The number of nitrogens with zero attached hydrogens (tertiary/aromatic N) is 2. The van der Waals surface area contributed by atoms with E-state index in [-0.39, 0.29) is 5.78 Å². The van der Waals surface area contributed by atoms with Gasteiger partial charge < -0.3 is 4.57 Å². The Labute approximate surface area is 90.7 Å². The Morgan fingerprint density at radius 2 is 2.23 bits per heavy atom. The van der Waals surface area contributed by atoms with Gasteiger partial charge in [0, 0.05) is 19.9 Å². The molecule has 0 radical (unpaired) electrons. The van der Waals surface area contributed by atoms with Crippen molar-refractivity contribution in [2.24, 2.45) is 7.05 Å². The zero-order valence-electron chi connectivity index (χ0n) is 7.67. The molecule has 1 aromatic rings. The Balaban J connectivity index is 2.50. The van der Waals surface area contributed by atoms with Crippen LogP contribution in [0.2, 0.25) is 0 Å². The van der Waals surface area contributed by atoms with Crippen LogP contribution in [0.25, 0.3) is 0 Å². The van der Waals surface area contributed by atoms with Gasteiger partial charge in [-0.25, -0.2) is 4.98 Å². The molecule has 0 aromatic carbocycles. The molecule has 4 heteroatoms. The summed E-state index contributed by atoms with van der Waals surface area (Å²) >= 11 is 2.13. The maximum atomic E-state index is 11.3. The highest BCUT2D eigenvalue weighted by molar-refractivity contribution is 14.1. The van der Waals surface area contributed by atoms with E-state index in [1.54, 1.807) is 6.92 Å². The fraction of sp³-hybridized carbons (Fsp3) is 0.556. The molecule has 0 atom stereocenters. The van der Waals surface area contributed by atoms with Gasteiger partial charge in [0.1, 0.15) is 15.2 Å². The second-order valence-corrected chi connectivity index (χ2v) is 4.52. The maximum absolute atomic E-state index is 11.3. The lowest BCUT2D eigenvalue weighted by Gasteiger charge is -2.00. The zero-order valence-corrected chi connectivity index (χ0v) is 9.83. The second kappa shape index (κ2) is 3.08. The Kier molecular flexibility index (Phi) is 2.17. The zero-order chi connectivity index (χ0) is 9.59. The number of Topliss-reactive ketones (excluding diaryl/α,β-unsaturated/α-hetero) is 1. The summed E-state index contributed by atoms with van der Waals surface area (Å²) in [6.45, 7) is 1.59. The molecule has 2 rings (SSSR count). The summed E-state index contributed by atoms with van der Waals surface area (Å²) in [6.07, 6.45) is 2.44. The number of hydrogen-bond acceptors (Lipinski definition) is 2. The molecule has 70 valence electrons. The van der Waals surface area contributed by atoms with Crippen molar-refractivity contribution < 1.29 is 4.79 Å². The van der Waals surface area contributed by atoms with Crippen molar-refractivity contribution in [3.05, 3.63) is 15.2 Å². The topological polar surface area (TPSA) is 34.9 Å². The minimum atomic E-state index is 0.103. The van der Waals surface area contributed by atoms with Gasteiger partial charge in [-0.2, -0.15) is 0 Å². The van der Waals surface area contributed by atoms with Crippen LogP contribution in [0.4, 0.5) is 0 Å². The molecule has 1 aromatic heterocycles. The van der Waals surface area contributed by atoms with Gasteiger partial charge in [0.05, 0.1) is 0 Å². The van der Waals surface area contributed by atoms with Gasteiger partial charge >= 0.3 is 0 Å². The SMILES string of the molecule is CC(=O)c1c(I)nc(C2CC2)n1C. The monoisotopic (exact) mass is 290 g/mol. The van der Waals surface area contributed by atoms with Crippen molar-refractivity contribution in [3.8, 4) is 0 Å². The highest BCUT2D eigenvalue weighted by atomic mass is 127. The third-order valence-corrected chi connectivity index (χ3v) is 3.12. The molecule has 0 spiro atoms. The summed E-state index contributed by atoms with van der Waals surface area (Å²) in [5, 5.41) is 0. The van der Waals surface area contributed by atoms with Crippen LogP contribution in [0.1, 0.15) is 42.0 Å². The Hall–Kier alpha value is -0.390. The van der Waals surface area contributed by atoms with Crippen LogP contribution >= 0.6 is 22.6 Å². The smallest absolute Gasteiger partial charge is 0.178 e. The molecule has 0 aliphatic heterocycles. The number of carbonyl (C=O) groups is 1. The van der Waals surface area contributed by atoms with E-state index in [4.69, 9.17) is 0 Å². The second-order valence-electron chi connectivity index (χ2n) is 3.50. The number of hydrogen-bond donors (Lipinski definition) is 0. The van der Waals surface area contributed by atoms with E-state index in [0.717, 1.165) is 15.2 Å². The van der Waals surface area contributed by atoms with Crippen LogP contribution in [0.5, 0.6) is 0 Å². The summed E-state index contributed by atoms with van der Waals surface area (Å²) in [7, 11) is 1.93. The van der Waals surface area contributed by atoms with E-state index in [1.807, 2.05) is 11.6 Å². The first-order valence-electron chi connectivity index (χ1n) is 4.34. The van der Waals surface area contributed by atoms with Gasteiger partial charge in [0.15, 0.2) is 5.78 Å². The van der Waals surface area contributed by atoms with Crippen molar-refractivity contribution in [1.29, 1.82) is 0 Å². The molecule has 0 amide bonds. The van der Waals surface area contributed by atoms with Gasteiger partial charge in [0.2, 0.25) is 0 Å². The first-order valence-corrected chi connectivity index (χ1v) is 5.42. The molecule has 1 aliphatic carbocycles. The quantitative estimate of drug-likeness (QED) is 0.617. The molecule has 0 saturated heterocycles. The van der Waals surface area contributed by atoms with Gasteiger partial charge in [-0.3, -0.25) is 4.79 Å². The normalized spacial score (nSPS) is 16.2. The standard InChI is InChI=1S/C9H11IN2O/c1-5(13)7-8(10)11-9(12(7)2)6-3-4-6/h6H,3-4H2,1-2H3. The van der Waals surface area contributed by atoms with Crippen molar-refractivity contribution >= 4 is 28.4 Å². The molecule has 1 heterocycles. The van der Waals surface area contributed by atoms with Crippen LogP contribution in [0, 0.1) is 3.70 Å². The third kappa shape index (κ3) is 1.51. The van der Waals surface area contributed by atoms with Crippen LogP contribution in [-0.2, 0) is 7.05 Å². The molecule has 1 fully saturated rings. The van der Waals surface area contributed by atoms with E-state index in [1.165, 1.54) is 12.8 Å². The average Bonchev–Trinajstić information content (AvgIpc) is 2.78. The number of halogens is 1. The minimum absolute atomic E-state index is 0.103. The van der Waals surface area contributed by atoms with Gasteiger partial charge in [-0.15, -0.1) is 0 Å². The molecule has 0 bridgehead atoms. The molecule has 1 aliphatic rings. The van der Waals surface area contributed by atoms with Crippen molar-refractivity contribution in [2.75, 3.05) is 0 Å². The Morgan fingerprint density at radius 3 is 2.62 bits per heavy atom. The van der Waals surface area contributed by atoms with Crippen LogP contribution < -0.4 is 0 Å². The van der Waals surface area contributed by atoms with Crippen molar-refractivity contribution in [3.63, 3.8) is 0 Å². The maximum Gasteiger partial charge on any atom is 0.178 e. The third-order valence-electron chi connectivity index (χ3n) is 2.36. The fourth-order valence-electron chi connectivity index (χ4n) is 1.57. The van der Waals surface area contributed by atoms with Gasteiger partial charge in [-0.1, -0.05) is 0 Å². The van der Waals surface area contributed by atoms with E-state index in [2.05, 4.69) is 27.6 Å². The number of carbonyl (C=O) groups excluding carboxylic acids is 1. The van der Waals surface area contributed by atoms with E-state index < -0.39 is 0 Å². The van der Waals surface area contributed by atoms with Crippen LogP contribution in [-0.4, -0.2) is 15.3 Å². The fourth-order valence-corrected chi connectivity index (χ4v) is 2.56. The van der Waals surface area contributed by atoms with E-state index >= 15 is 0 Å². The largest absolute Gasteiger partial charge is 0.328 e. The summed E-state index contributed by atoms with van der Waals surface area (Å²) in [4.78, 5) is 15.7. The van der Waals surface area contributed by atoms with Gasteiger partial charge in [0.25, 0.3) is 0 Å².